The second kappa shape index (κ2) is 7.60. The van der Waals surface area contributed by atoms with Crippen LogP contribution < -0.4 is 10.0 Å². The van der Waals surface area contributed by atoms with E-state index in [4.69, 9.17) is 0 Å². The molecule has 0 aromatic carbocycles. The number of rotatable bonds is 7. The third-order valence-corrected chi connectivity index (χ3v) is 5.07. The second-order valence-electron chi connectivity index (χ2n) is 5.61. The van der Waals surface area contributed by atoms with E-state index in [2.05, 4.69) is 21.1 Å². The van der Waals surface area contributed by atoms with Gasteiger partial charge in [0.2, 0.25) is 0 Å². The maximum Gasteiger partial charge on any atom is 0.302 e. The van der Waals surface area contributed by atoms with Gasteiger partial charge >= 0.3 is 10.2 Å². The SMILES string of the molecule is CN(C)S(=O)(=O)Nc1ccc(NCCC2=CCCCC2)cn1. The summed E-state index contributed by atoms with van der Waals surface area (Å²) in [7, 11) is -0.562. The lowest BCUT2D eigenvalue weighted by atomic mass is 9.97. The molecule has 0 saturated heterocycles. The standard InChI is InChI=1S/C15H24N4O2S/c1-19(2)22(20,21)18-15-9-8-14(12-17-15)16-11-10-13-6-4-3-5-7-13/h6,8-9,12,16H,3-5,7,10-11H2,1-2H3,(H,17,18). The van der Waals surface area contributed by atoms with Crippen LogP contribution in [0.2, 0.25) is 0 Å². The fourth-order valence-corrected chi connectivity index (χ4v) is 2.85. The number of pyridine rings is 1. The number of nitrogens with zero attached hydrogens (tertiary/aromatic N) is 2. The Morgan fingerprint density at radius 2 is 2.09 bits per heavy atom. The number of allylic oxidation sites excluding steroid dienone is 1. The zero-order valence-electron chi connectivity index (χ0n) is 13.2. The Morgan fingerprint density at radius 3 is 2.68 bits per heavy atom. The lowest BCUT2D eigenvalue weighted by Gasteiger charge is -2.14. The Kier molecular flexibility index (Phi) is 5.79. The molecule has 0 atom stereocenters. The van der Waals surface area contributed by atoms with Crippen molar-refractivity contribution in [3.63, 3.8) is 0 Å². The van der Waals surface area contributed by atoms with Crippen molar-refractivity contribution in [2.75, 3.05) is 30.7 Å². The first kappa shape index (κ1) is 16.8. The van der Waals surface area contributed by atoms with E-state index < -0.39 is 10.2 Å². The van der Waals surface area contributed by atoms with Crippen LogP contribution in [0.5, 0.6) is 0 Å². The van der Waals surface area contributed by atoms with Gasteiger partial charge in [-0.05, 0) is 44.2 Å². The molecule has 0 fully saturated rings. The average Bonchev–Trinajstić information content (AvgIpc) is 2.50. The summed E-state index contributed by atoms with van der Waals surface area (Å²) in [5.41, 5.74) is 2.42. The van der Waals surface area contributed by atoms with Crippen LogP contribution >= 0.6 is 0 Å². The highest BCUT2D eigenvalue weighted by Gasteiger charge is 2.13. The van der Waals surface area contributed by atoms with Gasteiger partial charge in [0.25, 0.3) is 0 Å². The molecule has 1 aromatic rings. The minimum Gasteiger partial charge on any atom is -0.383 e. The van der Waals surface area contributed by atoms with Crippen LogP contribution in [0.4, 0.5) is 11.5 Å². The zero-order chi connectivity index (χ0) is 16.0. The van der Waals surface area contributed by atoms with E-state index in [-0.39, 0.29) is 0 Å². The van der Waals surface area contributed by atoms with Crippen LogP contribution in [0.1, 0.15) is 32.1 Å². The van der Waals surface area contributed by atoms with Gasteiger partial charge in [-0.1, -0.05) is 11.6 Å². The number of aromatic nitrogens is 1. The number of hydrogen-bond donors (Lipinski definition) is 2. The van der Waals surface area contributed by atoms with Gasteiger partial charge in [-0.25, -0.2) is 4.98 Å². The summed E-state index contributed by atoms with van der Waals surface area (Å²) >= 11 is 0. The molecule has 1 aliphatic rings. The van der Waals surface area contributed by atoms with Gasteiger partial charge in [-0.15, -0.1) is 0 Å². The predicted molar refractivity (Wildman–Crippen MR) is 90.1 cm³/mol. The molecule has 122 valence electrons. The summed E-state index contributed by atoms with van der Waals surface area (Å²) in [5.74, 6) is 0.314. The van der Waals surface area contributed by atoms with Crippen molar-refractivity contribution in [1.82, 2.24) is 9.29 Å². The second-order valence-corrected chi connectivity index (χ2v) is 7.49. The monoisotopic (exact) mass is 324 g/mol. The van der Waals surface area contributed by atoms with Crippen molar-refractivity contribution in [2.45, 2.75) is 32.1 Å². The first-order chi connectivity index (χ1) is 10.5. The highest BCUT2D eigenvalue weighted by atomic mass is 32.2. The highest BCUT2D eigenvalue weighted by molar-refractivity contribution is 7.90. The predicted octanol–water partition coefficient (Wildman–Crippen LogP) is 2.60. The molecule has 0 spiro atoms. The van der Waals surface area contributed by atoms with Crippen LogP contribution in [0.15, 0.2) is 30.0 Å². The van der Waals surface area contributed by atoms with Crippen molar-refractivity contribution in [3.05, 3.63) is 30.0 Å². The van der Waals surface area contributed by atoms with E-state index in [1.165, 1.54) is 45.4 Å². The minimum atomic E-state index is -3.50. The van der Waals surface area contributed by atoms with E-state index in [9.17, 15) is 8.42 Å². The average molecular weight is 324 g/mol. The van der Waals surface area contributed by atoms with Gasteiger partial charge in [0, 0.05) is 20.6 Å². The normalized spacial score (nSPS) is 15.5. The molecule has 0 radical (unpaired) electrons. The molecule has 1 aromatic heterocycles. The lowest BCUT2D eigenvalue weighted by Crippen LogP contribution is -2.29. The van der Waals surface area contributed by atoms with Gasteiger partial charge in [-0.3, -0.25) is 4.72 Å². The molecule has 0 amide bonds. The number of anilines is 2. The Bertz CT molecular complexity index is 609. The fraction of sp³-hybridized carbons (Fsp3) is 0.533. The van der Waals surface area contributed by atoms with Crippen molar-refractivity contribution < 1.29 is 8.42 Å². The zero-order valence-corrected chi connectivity index (χ0v) is 14.0. The number of hydrogen-bond acceptors (Lipinski definition) is 4. The van der Waals surface area contributed by atoms with E-state index in [1.54, 1.807) is 12.3 Å². The largest absolute Gasteiger partial charge is 0.383 e. The van der Waals surface area contributed by atoms with Crippen LogP contribution in [0.3, 0.4) is 0 Å². The molecule has 0 bridgehead atoms. The van der Waals surface area contributed by atoms with Gasteiger partial charge in [0.1, 0.15) is 5.82 Å². The maximum absolute atomic E-state index is 11.7. The molecular formula is C15H24N4O2S. The summed E-state index contributed by atoms with van der Waals surface area (Å²) in [4.78, 5) is 4.12. The molecular weight excluding hydrogens is 300 g/mol. The van der Waals surface area contributed by atoms with Gasteiger partial charge in [0.15, 0.2) is 0 Å². The Morgan fingerprint density at radius 1 is 1.27 bits per heavy atom. The molecule has 6 nitrogen and oxygen atoms in total. The first-order valence-electron chi connectivity index (χ1n) is 7.55. The molecule has 2 N–H and O–H groups in total. The van der Waals surface area contributed by atoms with E-state index in [1.807, 2.05) is 6.07 Å². The fourth-order valence-electron chi connectivity index (χ4n) is 2.28. The van der Waals surface area contributed by atoms with Gasteiger partial charge in [-0.2, -0.15) is 12.7 Å². The molecule has 7 heteroatoms. The Labute approximate surface area is 132 Å². The van der Waals surface area contributed by atoms with E-state index >= 15 is 0 Å². The highest BCUT2D eigenvalue weighted by Crippen LogP contribution is 2.20. The summed E-state index contributed by atoms with van der Waals surface area (Å²) < 4.78 is 26.9. The number of nitrogens with one attached hydrogen (secondary N) is 2. The van der Waals surface area contributed by atoms with Crippen LogP contribution in [0.25, 0.3) is 0 Å². The van der Waals surface area contributed by atoms with Crippen molar-refractivity contribution in [1.29, 1.82) is 0 Å². The van der Waals surface area contributed by atoms with Crippen LogP contribution in [-0.2, 0) is 10.2 Å². The third kappa shape index (κ3) is 4.99. The maximum atomic E-state index is 11.7. The Hall–Kier alpha value is -1.60. The topological polar surface area (TPSA) is 74.3 Å². The van der Waals surface area contributed by atoms with E-state index in [0.29, 0.717) is 5.82 Å². The van der Waals surface area contributed by atoms with Gasteiger partial charge < -0.3 is 5.32 Å². The van der Waals surface area contributed by atoms with Crippen LogP contribution in [0, 0.1) is 0 Å². The molecule has 0 saturated carbocycles. The van der Waals surface area contributed by atoms with Crippen LogP contribution in [-0.4, -0.2) is 38.3 Å². The molecule has 1 aliphatic carbocycles. The van der Waals surface area contributed by atoms with Gasteiger partial charge in [0.05, 0.1) is 11.9 Å². The minimum absolute atomic E-state index is 0.314. The molecule has 2 rings (SSSR count). The van der Waals surface area contributed by atoms with Crippen molar-refractivity contribution in [3.8, 4) is 0 Å². The quantitative estimate of drug-likeness (QED) is 0.756. The van der Waals surface area contributed by atoms with E-state index in [0.717, 1.165) is 23.0 Å². The smallest absolute Gasteiger partial charge is 0.302 e. The van der Waals surface area contributed by atoms with Crippen molar-refractivity contribution >= 4 is 21.7 Å². The summed E-state index contributed by atoms with van der Waals surface area (Å²) in [5, 5.41) is 3.31. The first-order valence-corrected chi connectivity index (χ1v) is 8.99. The lowest BCUT2D eigenvalue weighted by molar-refractivity contribution is 0.526. The summed E-state index contributed by atoms with van der Waals surface area (Å²) in [6.07, 6.45) is 10.1. The molecule has 0 aliphatic heterocycles. The third-order valence-electron chi connectivity index (χ3n) is 3.64. The molecule has 0 unspecified atom stereocenters. The van der Waals surface area contributed by atoms with Crippen molar-refractivity contribution in [2.24, 2.45) is 0 Å². The molecule has 22 heavy (non-hydrogen) atoms. The summed E-state index contributed by atoms with van der Waals surface area (Å²) in [6, 6.07) is 3.49. The summed E-state index contributed by atoms with van der Waals surface area (Å²) in [6.45, 7) is 0.871. The Balaban J connectivity index is 1.83. The molecule has 1 heterocycles.